The Balaban J connectivity index is 1.95. The summed E-state index contributed by atoms with van der Waals surface area (Å²) in [6.07, 6.45) is 3.58. The lowest BCUT2D eigenvalue weighted by Crippen LogP contribution is -2.04. The Bertz CT molecular complexity index is 801. The summed E-state index contributed by atoms with van der Waals surface area (Å²) in [6.45, 7) is 2.71. The second-order valence-corrected chi connectivity index (χ2v) is 5.79. The van der Waals surface area contributed by atoms with Crippen molar-refractivity contribution in [2.75, 3.05) is 11.1 Å². The lowest BCUT2D eigenvalue weighted by atomic mass is 10.1. The first-order valence-corrected chi connectivity index (χ1v) is 7.42. The van der Waals surface area contributed by atoms with E-state index in [1.54, 1.807) is 12.4 Å². The second kappa shape index (κ2) is 5.69. The molecule has 3 aromatic rings. The van der Waals surface area contributed by atoms with Gasteiger partial charge in [-0.05, 0) is 52.7 Å². The fourth-order valence-electron chi connectivity index (χ4n) is 2.24. The van der Waals surface area contributed by atoms with Gasteiger partial charge in [-0.1, -0.05) is 6.07 Å². The molecule has 5 heteroatoms. The largest absolute Gasteiger partial charge is 0.398 e. The summed E-state index contributed by atoms with van der Waals surface area (Å²) < 4.78 is 0.916. The van der Waals surface area contributed by atoms with Gasteiger partial charge in [-0.3, -0.25) is 9.97 Å². The minimum atomic E-state index is 0.656. The van der Waals surface area contributed by atoms with Crippen LogP contribution in [0, 0.1) is 6.92 Å². The van der Waals surface area contributed by atoms with Crippen molar-refractivity contribution in [3.05, 3.63) is 58.5 Å². The Hall–Kier alpha value is -2.14. The summed E-state index contributed by atoms with van der Waals surface area (Å²) in [6, 6.07) is 9.83. The summed E-state index contributed by atoms with van der Waals surface area (Å²) in [5.41, 5.74) is 10.8. The van der Waals surface area contributed by atoms with E-state index in [4.69, 9.17) is 5.73 Å². The number of nitrogen functional groups attached to an aromatic ring is 1. The summed E-state index contributed by atoms with van der Waals surface area (Å²) in [5, 5.41) is 4.33. The van der Waals surface area contributed by atoms with E-state index in [1.165, 1.54) is 5.56 Å². The first-order valence-electron chi connectivity index (χ1n) is 6.63. The Morgan fingerprint density at radius 1 is 1.24 bits per heavy atom. The van der Waals surface area contributed by atoms with Crippen molar-refractivity contribution >= 4 is 38.2 Å². The Labute approximate surface area is 131 Å². The van der Waals surface area contributed by atoms with Gasteiger partial charge in [0.05, 0.1) is 23.4 Å². The van der Waals surface area contributed by atoms with E-state index in [1.807, 2.05) is 24.3 Å². The number of benzene rings is 1. The van der Waals surface area contributed by atoms with E-state index in [-0.39, 0.29) is 0 Å². The average Bonchev–Trinajstić information content (AvgIpc) is 2.48. The number of fused-ring (bicyclic) bond motifs is 1. The zero-order valence-corrected chi connectivity index (χ0v) is 13.2. The molecule has 0 atom stereocenters. The number of rotatable bonds is 3. The van der Waals surface area contributed by atoms with Crippen LogP contribution in [-0.4, -0.2) is 9.97 Å². The zero-order chi connectivity index (χ0) is 14.8. The first kappa shape index (κ1) is 13.8. The molecule has 1 aromatic carbocycles. The molecule has 0 amide bonds. The third kappa shape index (κ3) is 2.83. The molecule has 3 N–H and O–H groups in total. The van der Waals surface area contributed by atoms with Crippen molar-refractivity contribution in [3.63, 3.8) is 0 Å². The summed E-state index contributed by atoms with van der Waals surface area (Å²) in [5.74, 6) is 0. The molecule has 0 aliphatic heterocycles. The molecule has 21 heavy (non-hydrogen) atoms. The van der Waals surface area contributed by atoms with Crippen LogP contribution in [0.4, 0.5) is 11.4 Å². The van der Waals surface area contributed by atoms with Crippen molar-refractivity contribution in [2.24, 2.45) is 0 Å². The predicted octanol–water partition coefficient (Wildman–Crippen LogP) is 3.90. The van der Waals surface area contributed by atoms with Gasteiger partial charge < -0.3 is 11.1 Å². The maximum atomic E-state index is 6.02. The van der Waals surface area contributed by atoms with Crippen LogP contribution < -0.4 is 11.1 Å². The predicted molar refractivity (Wildman–Crippen MR) is 90.2 cm³/mol. The van der Waals surface area contributed by atoms with Gasteiger partial charge in [-0.25, -0.2) is 0 Å². The fourth-order valence-corrected chi connectivity index (χ4v) is 2.57. The van der Waals surface area contributed by atoms with Crippen LogP contribution in [0.15, 0.2) is 47.2 Å². The second-order valence-electron chi connectivity index (χ2n) is 4.87. The van der Waals surface area contributed by atoms with Crippen molar-refractivity contribution in [3.8, 4) is 0 Å². The third-order valence-corrected chi connectivity index (χ3v) is 3.85. The van der Waals surface area contributed by atoms with Gasteiger partial charge in [0.1, 0.15) is 0 Å². The van der Waals surface area contributed by atoms with Crippen molar-refractivity contribution in [1.82, 2.24) is 9.97 Å². The lowest BCUT2D eigenvalue weighted by molar-refractivity contribution is 1.02. The van der Waals surface area contributed by atoms with Gasteiger partial charge in [0.15, 0.2) is 0 Å². The summed E-state index contributed by atoms with van der Waals surface area (Å²) in [4.78, 5) is 8.86. The Morgan fingerprint density at radius 3 is 2.90 bits per heavy atom. The molecule has 0 saturated heterocycles. The van der Waals surface area contributed by atoms with E-state index in [9.17, 15) is 0 Å². The number of anilines is 2. The number of nitrogens with one attached hydrogen (secondary N) is 1. The van der Waals surface area contributed by atoms with E-state index < -0.39 is 0 Å². The molecule has 0 aliphatic rings. The Kier molecular flexibility index (Phi) is 3.75. The minimum absolute atomic E-state index is 0.656. The highest BCUT2D eigenvalue weighted by Crippen LogP contribution is 2.29. The average molecular weight is 343 g/mol. The van der Waals surface area contributed by atoms with E-state index in [0.717, 1.165) is 32.4 Å². The number of aryl methyl sites for hydroxylation is 1. The van der Waals surface area contributed by atoms with Crippen LogP contribution in [0.25, 0.3) is 10.9 Å². The van der Waals surface area contributed by atoms with Gasteiger partial charge in [0.2, 0.25) is 0 Å². The topological polar surface area (TPSA) is 63.8 Å². The highest BCUT2D eigenvalue weighted by molar-refractivity contribution is 9.10. The SMILES string of the molecule is Cc1cccnc1CNc1ccc(N)c2cc(Br)cnc12. The van der Waals surface area contributed by atoms with Gasteiger partial charge in [0, 0.05) is 27.9 Å². The smallest absolute Gasteiger partial charge is 0.0954 e. The van der Waals surface area contributed by atoms with Crippen LogP contribution in [0.1, 0.15) is 11.3 Å². The lowest BCUT2D eigenvalue weighted by Gasteiger charge is -2.11. The molecule has 0 spiro atoms. The number of pyridine rings is 2. The standard InChI is InChI=1S/C16H15BrN4/c1-10-3-2-6-19-15(10)9-20-14-5-4-13(18)12-7-11(17)8-21-16(12)14/h2-8,20H,9,18H2,1H3. The van der Waals surface area contributed by atoms with E-state index in [0.29, 0.717) is 6.54 Å². The maximum Gasteiger partial charge on any atom is 0.0954 e. The molecular weight excluding hydrogens is 328 g/mol. The maximum absolute atomic E-state index is 6.02. The fraction of sp³-hybridized carbons (Fsp3) is 0.125. The van der Waals surface area contributed by atoms with Crippen molar-refractivity contribution in [1.29, 1.82) is 0 Å². The molecule has 0 bridgehead atoms. The van der Waals surface area contributed by atoms with Crippen LogP contribution in [0.3, 0.4) is 0 Å². The van der Waals surface area contributed by atoms with Crippen LogP contribution >= 0.6 is 15.9 Å². The monoisotopic (exact) mass is 342 g/mol. The van der Waals surface area contributed by atoms with Crippen LogP contribution in [0.5, 0.6) is 0 Å². The summed E-state index contributed by atoms with van der Waals surface area (Å²) >= 11 is 3.43. The molecule has 2 heterocycles. The number of nitrogens with zero attached hydrogens (tertiary/aromatic N) is 2. The summed E-state index contributed by atoms with van der Waals surface area (Å²) in [7, 11) is 0. The van der Waals surface area contributed by atoms with Crippen LogP contribution in [-0.2, 0) is 6.54 Å². The molecule has 0 saturated carbocycles. The van der Waals surface area contributed by atoms with Crippen LogP contribution in [0.2, 0.25) is 0 Å². The first-order chi connectivity index (χ1) is 10.1. The molecule has 106 valence electrons. The number of halogens is 1. The molecule has 4 nitrogen and oxygen atoms in total. The van der Waals surface area contributed by atoms with Crippen molar-refractivity contribution < 1.29 is 0 Å². The zero-order valence-electron chi connectivity index (χ0n) is 11.6. The molecule has 3 rings (SSSR count). The minimum Gasteiger partial charge on any atom is -0.398 e. The number of hydrogen-bond acceptors (Lipinski definition) is 4. The number of hydrogen-bond donors (Lipinski definition) is 2. The quantitative estimate of drug-likeness (QED) is 0.708. The molecule has 0 fully saturated rings. The number of nitrogens with two attached hydrogens (primary N) is 1. The normalized spacial score (nSPS) is 10.8. The molecule has 0 radical (unpaired) electrons. The highest BCUT2D eigenvalue weighted by atomic mass is 79.9. The molecule has 0 aliphatic carbocycles. The van der Waals surface area contributed by atoms with E-state index in [2.05, 4.69) is 44.2 Å². The van der Waals surface area contributed by atoms with E-state index >= 15 is 0 Å². The van der Waals surface area contributed by atoms with Gasteiger partial charge >= 0.3 is 0 Å². The third-order valence-electron chi connectivity index (χ3n) is 3.41. The molecule has 2 aromatic heterocycles. The van der Waals surface area contributed by atoms with Crippen molar-refractivity contribution in [2.45, 2.75) is 13.5 Å². The molecular formula is C16H15BrN4. The van der Waals surface area contributed by atoms with Gasteiger partial charge in [-0.15, -0.1) is 0 Å². The number of aromatic nitrogens is 2. The molecule has 0 unspecified atom stereocenters. The van der Waals surface area contributed by atoms with Gasteiger partial charge in [0.25, 0.3) is 0 Å². The Morgan fingerprint density at radius 2 is 2.10 bits per heavy atom. The van der Waals surface area contributed by atoms with Gasteiger partial charge in [-0.2, -0.15) is 0 Å². The highest BCUT2D eigenvalue weighted by Gasteiger charge is 2.07.